The molecule has 0 radical (unpaired) electrons. The number of aromatic nitrogens is 2. The molecule has 1 N–H and O–H groups in total. The molecule has 0 aliphatic carbocycles. The molecule has 2 atom stereocenters. The normalized spacial score (nSPS) is 29.0. The van der Waals surface area contributed by atoms with Crippen LogP contribution in [0.3, 0.4) is 0 Å². The molecule has 94 valence electrons. The molecule has 3 heteroatoms. The van der Waals surface area contributed by atoms with Crippen LogP contribution in [0.25, 0.3) is 0 Å². The zero-order valence-corrected chi connectivity index (χ0v) is 10.8. The zero-order valence-electron chi connectivity index (χ0n) is 10.8. The van der Waals surface area contributed by atoms with Crippen LogP contribution in [-0.2, 0) is 19.4 Å². The monoisotopic (exact) mass is 233 g/mol. The summed E-state index contributed by atoms with van der Waals surface area (Å²) in [7, 11) is 0. The fourth-order valence-electron chi connectivity index (χ4n) is 3.18. The quantitative estimate of drug-likeness (QED) is 0.848. The summed E-state index contributed by atoms with van der Waals surface area (Å²) in [6.07, 6.45) is 9.79. The molecule has 1 fully saturated rings. The predicted octanol–water partition coefficient (Wildman–Crippen LogP) is 2.15. The number of hydrogen-bond acceptors (Lipinski definition) is 2. The van der Waals surface area contributed by atoms with E-state index in [1.165, 1.54) is 56.7 Å². The second-order valence-corrected chi connectivity index (χ2v) is 5.77. The van der Waals surface area contributed by atoms with Crippen LogP contribution in [0.5, 0.6) is 0 Å². The fourth-order valence-corrected chi connectivity index (χ4v) is 3.18. The van der Waals surface area contributed by atoms with Gasteiger partial charge in [0.15, 0.2) is 0 Å². The van der Waals surface area contributed by atoms with Crippen LogP contribution >= 0.6 is 0 Å². The molecule has 2 aliphatic rings. The maximum atomic E-state index is 4.65. The average molecular weight is 233 g/mol. The van der Waals surface area contributed by atoms with E-state index in [4.69, 9.17) is 0 Å². The highest BCUT2D eigenvalue weighted by molar-refractivity contribution is 5.10. The van der Waals surface area contributed by atoms with Crippen molar-refractivity contribution in [2.75, 3.05) is 6.54 Å². The topological polar surface area (TPSA) is 29.9 Å². The Labute approximate surface area is 104 Å². The van der Waals surface area contributed by atoms with Gasteiger partial charge in [0.25, 0.3) is 0 Å². The fraction of sp³-hybridized carbons (Fsp3) is 0.786. The first-order valence-corrected chi connectivity index (χ1v) is 7.09. The van der Waals surface area contributed by atoms with Gasteiger partial charge in [-0.25, -0.2) is 4.98 Å². The van der Waals surface area contributed by atoms with Crippen molar-refractivity contribution in [3.63, 3.8) is 0 Å². The van der Waals surface area contributed by atoms with Gasteiger partial charge in [-0.1, -0.05) is 13.3 Å². The van der Waals surface area contributed by atoms with Crippen LogP contribution in [0.4, 0.5) is 0 Å². The summed E-state index contributed by atoms with van der Waals surface area (Å²) in [5.74, 6) is 2.14. The lowest BCUT2D eigenvalue weighted by Gasteiger charge is -2.25. The van der Waals surface area contributed by atoms with Gasteiger partial charge in [0.05, 0.1) is 0 Å². The second-order valence-electron chi connectivity index (χ2n) is 5.77. The Kier molecular flexibility index (Phi) is 3.19. The number of nitrogens with zero attached hydrogens (tertiary/aromatic N) is 2. The van der Waals surface area contributed by atoms with Crippen LogP contribution in [0, 0.1) is 5.92 Å². The molecule has 1 aromatic heterocycles. The summed E-state index contributed by atoms with van der Waals surface area (Å²) in [4.78, 5) is 4.65. The van der Waals surface area contributed by atoms with Crippen LogP contribution in [-0.4, -0.2) is 22.1 Å². The smallest absolute Gasteiger partial charge is 0.110 e. The van der Waals surface area contributed by atoms with Gasteiger partial charge in [-0.05, 0) is 38.1 Å². The van der Waals surface area contributed by atoms with E-state index in [9.17, 15) is 0 Å². The van der Waals surface area contributed by atoms with Gasteiger partial charge in [0.2, 0.25) is 0 Å². The van der Waals surface area contributed by atoms with Crippen LogP contribution in [0.15, 0.2) is 6.20 Å². The van der Waals surface area contributed by atoms with Crippen molar-refractivity contribution in [3.05, 3.63) is 17.7 Å². The minimum Gasteiger partial charge on any atom is -0.332 e. The number of piperidine rings is 1. The van der Waals surface area contributed by atoms with Crippen molar-refractivity contribution < 1.29 is 0 Å². The SMILES string of the molecule is CC1CCn2c(cnc2CC2CCCCN2)C1. The van der Waals surface area contributed by atoms with E-state index in [0.29, 0.717) is 6.04 Å². The van der Waals surface area contributed by atoms with Gasteiger partial charge < -0.3 is 9.88 Å². The van der Waals surface area contributed by atoms with E-state index in [1.54, 1.807) is 0 Å². The summed E-state index contributed by atoms with van der Waals surface area (Å²) in [5.41, 5.74) is 1.45. The summed E-state index contributed by atoms with van der Waals surface area (Å²) in [6, 6.07) is 0.662. The standard InChI is InChI=1S/C14H23N3/c1-11-5-7-17-13(8-11)10-16-14(17)9-12-4-2-3-6-15-12/h10-12,15H,2-9H2,1H3. The number of hydrogen-bond donors (Lipinski definition) is 1. The van der Waals surface area contributed by atoms with E-state index in [1.807, 2.05) is 0 Å². The Bertz CT molecular complexity index is 377. The number of rotatable bonds is 2. The largest absolute Gasteiger partial charge is 0.332 e. The second kappa shape index (κ2) is 4.81. The molecule has 1 aromatic rings. The van der Waals surface area contributed by atoms with E-state index >= 15 is 0 Å². The summed E-state index contributed by atoms with van der Waals surface area (Å²) < 4.78 is 2.47. The molecule has 0 bridgehead atoms. The van der Waals surface area contributed by atoms with Gasteiger partial charge in [0, 0.05) is 30.9 Å². The highest BCUT2D eigenvalue weighted by Crippen LogP contribution is 2.22. The molecular weight excluding hydrogens is 210 g/mol. The average Bonchev–Trinajstić information content (AvgIpc) is 2.73. The first-order valence-electron chi connectivity index (χ1n) is 7.09. The summed E-state index contributed by atoms with van der Waals surface area (Å²) >= 11 is 0. The number of imidazole rings is 1. The molecule has 3 rings (SSSR count). The molecule has 3 nitrogen and oxygen atoms in total. The molecule has 0 aromatic carbocycles. The van der Waals surface area contributed by atoms with Crippen LogP contribution in [0.1, 0.15) is 44.1 Å². The Morgan fingerprint density at radius 3 is 3.18 bits per heavy atom. The van der Waals surface area contributed by atoms with Crippen molar-refractivity contribution in [1.29, 1.82) is 0 Å². The first kappa shape index (κ1) is 11.3. The number of nitrogens with one attached hydrogen (secondary N) is 1. The maximum Gasteiger partial charge on any atom is 0.110 e. The Balaban J connectivity index is 1.71. The van der Waals surface area contributed by atoms with Crippen LogP contribution in [0.2, 0.25) is 0 Å². The molecule has 17 heavy (non-hydrogen) atoms. The summed E-state index contributed by atoms with van der Waals surface area (Å²) in [6.45, 7) is 4.71. The molecule has 3 heterocycles. The lowest BCUT2D eigenvalue weighted by atomic mass is 9.98. The highest BCUT2D eigenvalue weighted by Gasteiger charge is 2.21. The maximum absolute atomic E-state index is 4.65. The summed E-state index contributed by atoms with van der Waals surface area (Å²) in [5, 5.41) is 3.62. The van der Waals surface area contributed by atoms with Crippen molar-refractivity contribution in [2.45, 2.75) is 58.0 Å². The third-order valence-corrected chi connectivity index (χ3v) is 4.27. The lowest BCUT2D eigenvalue weighted by Crippen LogP contribution is -2.36. The van der Waals surface area contributed by atoms with Gasteiger partial charge in [0.1, 0.15) is 5.82 Å². The lowest BCUT2D eigenvalue weighted by molar-refractivity contribution is 0.373. The van der Waals surface area contributed by atoms with E-state index in [-0.39, 0.29) is 0 Å². The molecule has 0 spiro atoms. The minimum atomic E-state index is 0.662. The predicted molar refractivity (Wildman–Crippen MR) is 69.1 cm³/mol. The van der Waals surface area contributed by atoms with Gasteiger partial charge >= 0.3 is 0 Å². The Morgan fingerprint density at radius 2 is 2.35 bits per heavy atom. The molecule has 2 unspecified atom stereocenters. The van der Waals surface area contributed by atoms with Gasteiger partial charge in [-0.2, -0.15) is 0 Å². The third kappa shape index (κ3) is 2.39. The van der Waals surface area contributed by atoms with Crippen molar-refractivity contribution in [2.24, 2.45) is 5.92 Å². The van der Waals surface area contributed by atoms with Crippen LogP contribution < -0.4 is 5.32 Å². The van der Waals surface area contributed by atoms with E-state index in [2.05, 4.69) is 28.0 Å². The molecule has 0 amide bonds. The van der Waals surface area contributed by atoms with E-state index in [0.717, 1.165) is 12.3 Å². The molecule has 1 saturated heterocycles. The van der Waals surface area contributed by atoms with Crippen molar-refractivity contribution in [3.8, 4) is 0 Å². The van der Waals surface area contributed by atoms with Gasteiger partial charge in [-0.3, -0.25) is 0 Å². The third-order valence-electron chi connectivity index (χ3n) is 4.27. The minimum absolute atomic E-state index is 0.662. The van der Waals surface area contributed by atoms with E-state index < -0.39 is 0 Å². The Hall–Kier alpha value is -0.830. The molecule has 2 aliphatic heterocycles. The van der Waals surface area contributed by atoms with Crippen molar-refractivity contribution >= 4 is 0 Å². The van der Waals surface area contributed by atoms with Gasteiger partial charge in [-0.15, -0.1) is 0 Å². The number of fused-ring (bicyclic) bond motifs is 1. The molecule has 0 saturated carbocycles. The highest BCUT2D eigenvalue weighted by atomic mass is 15.1. The zero-order chi connectivity index (χ0) is 11.7. The van der Waals surface area contributed by atoms with Crippen molar-refractivity contribution in [1.82, 2.24) is 14.9 Å². The Morgan fingerprint density at radius 1 is 1.41 bits per heavy atom. The first-order chi connectivity index (χ1) is 8.33. The molecular formula is C14H23N3.